The number of piperidine rings is 2. The maximum Gasteiger partial charge on any atom is 0.255 e. The first-order valence-corrected chi connectivity index (χ1v) is 13.6. The normalized spacial score (nSPS) is 27.4. The number of alkyl halides is 2. The lowest BCUT2D eigenvalue weighted by molar-refractivity contribution is -0.194. The summed E-state index contributed by atoms with van der Waals surface area (Å²) < 4.78 is 30.2. The monoisotopic (exact) mass is 549 g/mol. The van der Waals surface area contributed by atoms with Crippen LogP contribution in [0, 0.1) is 29.1 Å². The molecule has 3 N–H and O–H groups in total. The van der Waals surface area contributed by atoms with Crippen LogP contribution in [0.4, 0.5) is 14.5 Å². The Kier molecular flexibility index (Phi) is 8.46. The minimum atomic E-state index is -3.11. The molecule has 0 unspecified atom stereocenters. The van der Waals surface area contributed by atoms with E-state index in [2.05, 4.69) is 16.0 Å². The van der Waals surface area contributed by atoms with E-state index in [1.807, 2.05) is 19.9 Å². The van der Waals surface area contributed by atoms with Crippen molar-refractivity contribution >= 4 is 35.0 Å². The SMILES string of the molecule is CC(C)C[C@H](Nc1cccc(Cl)c1)C(=O)N1[C@H]2CC[C@@H]([C@H]1C(=O)N[C@@H](C#N)C[C@@H]1CCNC1=O)C(F)(F)C2. The molecule has 1 saturated carbocycles. The van der Waals surface area contributed by atoms with Crippen molar-refractivity contribution in [2.24, 2.45) is 17.8 Å². The Labute approximate surface area is 226 Å². The molecule has 3 amide bonds. The van der Waals surface area contributed by atoms with E-state index in [1.165, 1.54) is 4.90 Å². The predicted molar refractivity (Wildman–Crippen MR) is 138 cm³/mol. The zero-order chi connectivity index (χ0) is 27.6. The Balaban J connectivity index is 1.59. The first-order chi connectivity index (χ1) is 18.0. The first kappa shape index (κ1) is 28.1. The Morgan fingerprint density at radius 3 is 2.66 bits per heavy atom. The van der Waals surface area contributed by atoms with Crippen molar-refractivity contribution in [2.75, 3.05) is 11.9 Å². The highest BCUT2D eigenvalue weighted by atomic mass is 35.5. The largest absolute Gasteiger partial charge is 0.374 e. The third kappa shape index (κ3) is 6.04. The number of halogens is 3. The van der Waals surface area contributed by atoms with E-state index in [4.69, 9.17) is 11.6 Å². The van der Waals surface area contributed by atoms with Crippen LogP contribution < -0.4 is 16.0 Å². The molecule has 3 saturated heterocycles. The fourth-order valence-electron chi connectivity index (χ4n) is 6.03. The smallest absolute Gasteiger partial charge is 0.255 e. The second kappa shape index (κ2) is 11.4. The molecule has 2 bridgehead atoms. The molecule has 5 rings (SSSR count). The van der Waals surface area contributed by atoms with Crippen LogP contribution in [0.1, 0.15) is 52.4 Å². The minimum absolute atomic E-state index is 0.0888. The highest BCUT2D eigenvalue weighted by Gasteiger charge is 2.61. The van der Waals surface area contributed by atoms with Gasteiger partial charge in [0.1, 0.15) is 18.1 Å². The van der Waals surface area contributed by atoms with Crippen LogP contribution in [-0.4, -0.2) is 59.3 Å². The van der Waals surface area contributed by atoms with Gasteiger partial charge in [0.15, 0.2) is 0 Å². The Morgan fingerprint density at radius 2 is 2.05 bits per heavy atom. The molecule has 1 aliphatic carbocycles. The van der Waals surface area contributed by atoms with Crippen molar-refractivity contribution in [3.8, 4) is 6.07 Å². The van der Waals surface area contributed by atoms with Crippen LogP contribution >= 0.6 is 11.6 Å². The van der Waals surface area contributed by atoms with Crippen LogP contribution in [0.2, 0.25) is 5.02 Å². The highest BCUT2D eigenvalue weighted by Crippen LogP contribution is 2.49. The van der Waals surface area contributed by atoms with Gasteiger partial charge < -0.3 is 20.9 Å². The summed E-state index contributed by atoms with van der Waals surface area (Å²) in [6, 6.07) is 4.89. The summed E-state index contributed by atoms with van der Waals surface area (Å²) in [5.41, 5.74) is 0.615. The van der Waals surface area contributed by atoms with E-state index < -0.39 is 60.2 Å². The number of amides is 3. The van der Waals surface area contributed by atoms with E-state index in [0.717, 1.165) is 0 Å². The van der Waals surface area contributed by atoms with Gasteiger partial charge in [-0.2, -0.15) is 5.26 Å². The summed E-state index contributed by atoms with van der Waals surface area (Å²) >= 11 is 6.12. The van der Waals surface area contributed by atoms with Crippen LogP contribution in [0.5, 0.6) is 0 Å². The number of rotatable bonds is 9. The minimum Gasteiger partial charge on any atom is -0.374 e. The number of hydrogen-bond acceptors (Lipinski definition) is 5. The van der Waals surface area contributed by atoms with Gasteiger partial charge in [-0.25, -0.2) is 8.78 Å². The summed E-state index contributed by atoms with van der Waals surface area (Å²) in [6.07, 6.45) is 1.04. The average molecular weight is 550 g/mol. The number of carbonyl (C=O) groups is 3. The number of nitrogens with zero attached hydrogens (tertiary/aromatic N) is 2. The quantitative estimate of drug-likeness (QED) is 0.434. The molecule has 206 valence electrons. The van der Waals surface area contributed by atoms with Crippen molar-refractivity contribution in [2.45, 2.75) is 82.5 Å². The zero-order valence-corrected chi connectivity index (χ0v) is 22.3. The van der Waals surface area contributed by atoms with E-state index in [1.54, 1.807) is 24.3 Å². The van der Waals surface area contributed by atoms with Gasteiger partial charge in [-0.3, -0.25) is 14.4 Å². The maximum atomic E-state index is 15.1. The topological polar surface area (TPSA) is 114 Å². The van der Waals surface area contributed by atoms with Gasteiger partial charge in [-0.15, -0.1) is 0 Å². The second-order valence-electron chi connectivity index (χ2n) is 11.0. The molecule has 3 heterocycles. The van der Waals surface area contributed by atoms with Gasteiger partial charge in [-0.1, -0.05) is 31.5 Å². The third-order valence-corrected chi connectivity index (χ3v) is 8.02. The lowest BCUT2D eigenvalue weighted by Crippen LogP contribution is -2.70. The Hall–Kier alpha value is -2.93. The van der Waals surface area contributed by atoms with Crippen molar-refractivity contribution in [1.82, 2.24) is 15.5 Å². The summed E-state index contributed by atoms with van der Waals surface area (Å²) in [7, 11) is 0. The molecule has 38 heavy (non-hydrogen) atoms. The van der Waals surface area contributed by atoms with Crippen molar-refractivity contribution in [3.63, 3.8) is 0 Å². The second-order valence-corrected chi connectivity index (χ2v) is 11.5. The third-order valence-electron chi connectivity index (χ3n) is 7.78. The number of nitrogens with one attached hydrogen (secondary N) is 3. The zero-order valence-electron chi connectivity index (χ0n) is 21.6. The predicted octanol–water partition coefficient (Wildman–Crippen LogP) is 3.72. The highest BCUT2D eigenvalue weighted by molar-refractivity contribution is 6.30. The average Bonchev–Trinajstić information content (AvgIpc) is 3.25. The number of nitriles is 1. The van der Waals surface area contributed by atoms with Crippen molar-refractivity contribution < 1.29 is 23.2 Å². The number of hydrogen-bond donors (Lipinski definition) is 3. The molecule has 0 radical (unpaired) electrons. The van der Waals surface area contributed by atoms with Crippen molar-refractivity contribution in [1.29, 1.82) is 5.26 Å². The summed E-state index contributed by atoms with van der Waals surface area (Å²) in [5.74, 6) is -6.18. The molecule has 6 atom stereocenters. The van der Waals surface area contributed by atoms with Gasteiger partial charge >= 0.3 is 0 Å². The van der Waals surface area contributed by atoms with Crippen LogP contribution in [0.3, 0.4) is 0 Å². The Morgan fingerprint density at radius 1 is 1.29 bits per heavy atom. The lowest BCUT2D eigenvalue weighted by Gasteiger charge is -2.54. The molecule has 1 aromatic carbocycles. The standard InChI is InChI=1S/C27H34ClF2N5O3/c1-15(2)10-22(33-18-5-3-4-17(28)12-18)26(38)35-20-6-7-21(27(29,30)13-20)23(35)25(37)34-19(14-31)11-16-8-9-32-24(16)36/h3-5,12,15-16,19-23,33H,6-11,13H2,1-2H3,(H,32,36)(H,34,37)/t16-,19+,20-,21-,22-,23-/m0/s1. The van der Waals surface area contributed by atoms with Gasteiger partial charge in [-0.05, 0) is 56.2 Å². The molecule has 11 heteroatoms. The molecular weight excluding hydrogens is 516 g/mol. The molecule has 0 aromatic heterocycles. The fourth-order valence-corrected chi connectivity index (χ4v) is 6.22. The molecule has 4 fully saturated rings. The number of carbonyl (C=O) groups excluding carboxylic acids is 3. The van der Waals surface area contributed by atoms with E-state index in [0.29, 0.717) is 36.5 Å². The van der Waals surface area contributed by atoms with E-state index in [9.17, 15) is 19.6 Å². The fraction of sp³-hybridized carbons (Fsp3) is 0.630. The first-order valence-electron chi connectivity index (χ1n) is 13.2. The van der Waals surface area contributed by atoms with E-state index >= 15 is 8.78 Å². The Bertz CT molecular complexity index is 1110. The molecule has 0 spiro atoms. The number of benzene rings is 1. The summed E-state index contributed by atoms with van der Waals surface area (Å²) in [5, 5.41) is 18.6. The van der Waals surface area contributed by atoms with Crippen molar-refractivity contribution in [3.05, 3.63) is 29.3 Å². The molecule has 4 aliphatic rings. The number of fused-ring (bicyclic) bond motifs is 3. The summed E-state index contributed by atoms with van der Waals surface area (Å²) in [6.45, 7) is 4.40. The van der Waals surface area contributed by atoms with Gasteiger partial charge in [0.2, 0.25) is 17.7 Å². The molecule has 8 nitrogen and oxygen atoms in total. The van der Waals surface area contributed by atoms with Crippen LogP contribution in [0.15, 0.2) is 24.3 Å². The lowest BCUT2D eigenvalue weighted by atomic mass is 9.71. The van der Waals surface area contributed by atoms with Crippen LogP contribution in [-0.2, 0) is 14.4 Å². The van der Waals surface area contributed by atoms with Gasteiger partial charge in [0.05, 0.1) is 12.0 Å². The van der Waals surface area contributed by atoms with Gasteiger partial charge in [0, 0.05) is 35.6 Å². The molecular formula is C27H34ClF2N5O3. The number of anilines is 1. The summed E-state index contributed by atoms with van der Waals surface area (Å²) in [4.78, 5) is 40.9. The maximum absolute atomic E-state index is 15.1. The van der Waals surface area contributed by atoms with E-state index in [-0.39, 0.29) is 24.7 Å². The van der Waals surface area contributed by atoms with Gasteiger partial charge in [0.25, 0.3) is 5.92 Å². The molecule has 1 aromatic rings. The van der Waals surface area contributed by atoms with Crippen LogP contribution in [0.25, 0.3) is 0 Å². The molecule has 3 aliphatic heterocycles.